The minimum Gasteiger partial charge on any atom is -0.379 e. The van der Waals surface area contributed by atoms with Gasteiger partial charge in [0.05, 0.1) is 30.9 Å². The van der Waals surface area contributed by atoms with Crippen molar-refractivity contribution in [3.8, 4) is 0 Å². The summed E-state index contributed by atoms with van der Waals surface area (Å²) in [6.45, 7) is 4.87. The van der Waals surface area contributed by atoms with Crippen molar-refractivity contribution in [2.75, 3.05) is 39.4 Å². The van der Waals surface area contributed by atoms with Gasteiger partial charge in [-0.2, -0.15) is 0 Å². The molecule has 2 aromatic rings. The minimum absolute atomic E-state index is 0.0924. The molecule has 0 spiro atoms. The Labute approximate surface area is 185 Å². The molecule has 0 bridgehead atoms. The fraction of sp³-hybridized carbons (Fsp3) is 0.348. The highest BCUT2D eigenvalue weighted by Crippen LogP contribution is 2.27. The standard InChI is InChI=1S/C23H24ClN3O4/c24-20-5-2-1-4-17(20)15-27-22(29)18-7-6-16(14-19(18)23(27)30)21(28)25-8-3-9-26-10-12-31-13-11-26/h1-2,4-7,14H,3,8-13,15H2,(H,25,28). The fourth-order valence-electron chi connectivity index (χ4n) is 3.80. The van der Waals surface area contributed by atoms with Crippen molar-refractivity contribution in [1.82, 2.24) is 15.1 Å². The average molecular weight is 442 g/mol. The first-order valence-corrected chi connectivity index (χ1v) is 10.7. The molecule has 0 unspecified atom stereocenters. The van der Waals surface area contributed by atoms with Gasteiger partial charge in [-0.25, -0.2) is 0 Å². The third-order valence-corrected chi connectivity index (χ3v) is 5.93. The summed E-state index contributed by atoms with van der Waals surface area (Å²) in [5.41, 5.74) is 1.61. The van der Waals surface area contributed by atoms with E-state index in [2.05, 4.69) is 10.2 Å². The number of nitrogens with one attached hydrogen (secondary N) is 1. The summed E-state index contributed by atoms with van der Waals surface area (Å²) in [5, 5.41) is 3.39. The Bertz CT molecular complexity index is 1000. The Kier molecular flexibility index (Phi) is 6.65. The van der Waals surface area contributed by atoms with E-state index in [-0.39, 0.29) is 23.9 Å². The van der Waals surface area contributed by atoms with Crippen molar-refractivity contribution in [3.63, 3.8) is 0 Å². The van der Waals surface area contributed by atoms with Crippen LogP contribution in [0.3, 0.4) is 0 Å². The molecule has 162 valence electrons. The smallest absolute Gasteiger partial charge is 0.261 e. The normalized spacial score (nSPS) is 16.5. The highest BCUT2D eigenvalue weighted by molar-refractivity contribution is 6.31. The molecular weight excluding hydrogens is 418 g/mol. The zero-order chi connectivity index (χ0) is 21.8. The molecule has 3 amide bonds. The molecule has 1 N–H and O–H groups in total. The van der Waals surface area contributed by atoms with Gasteiger partial charge in [0, 0.05) is 30.2 Å². The van der Waals surface area contributed by atoms with E-state index in [4.69, 9.17) is 16.3 Å². The zero-order valence-corrected chi connectivity index (χ0v) is 17.9. The van der Waals surface area contributed by atoms with Crippen LogP contribution < -0.4 is 5.32 Å². The number of hydrogen-bond donors (Lipinski definition) is 1. The molecule has 7 nitrogen and oxygen atoms in total. The van der Waals surface area contributed by atoms with Crippen LogP contribution in [0.2, 0.25) is 5.02 Å². The summed E-state index contributed by atoms with van der Waals surface area (Å²) in [5.74, 6) is -1.05. The quantitative estimate of drug-likeness (QED) is 0.527. The number of morpholine rings is 1. The summed E-state index contributed by atoms with van der Waals surface area (Å²) in [6, 6.07) is 11.7. The lowest BCUT2D eigenvalue weighted by atomic mass is 10.1. The van der Waals surface area contributed by atoms with Crippen LogP contribution in [0.1, 0.15) is 43.1 Å². The fourth-order valence-corrected chi connectivity index (χ4v) is 4.00. The van der Waals surface area contributed by atoms with Crippen LogP contribution in [0, 0.1) is 0 Å². The molecule has 2 aliphatic heterocycles. The second-order valence-electron chi connectivity index (χ2n) is 7.61. The number of amides is 3. The summed E-state index contributed by atoms with van der Waals surface area (Å²) in [4.78, 5) is 41.6. The van der Waals surface area contributed by atoms with Gasteiger partial charge in [-0.05, 0) is 42.8 Å². The van der Waals surface area contributed by atoms with Gasteiger partial charge in [0.15, 0.2) is 0 Å². The minimum atomic E-state index is -0.415. The van der Waals surface area contributed by atoms with Gasteiger partial charge in [-0.3, -0.25) is 24.2 Å². The second kappa shape index (κ2) is 9.60. The van der Waals surface area contributed by atoms with E-state index in [1.165, 1.54) is 6.07 Å². The third-order valence-electron chi connectivity index (χ3n) is 5.56. The Morgan fingerprint density at radius 2 is 1.77 bits per heavy atom. The topological polar surface area (TPSA) is 79.0 Å². The monoisotopic (exact) mass is 441 g/mol. The number of carbonyl (C=O) groups excluding carboxylic acids is 3. The lowest BCUT2D eigenvalue weighted by molar-refractivity contribution is 0.0374. The number of fused-ring (bicyclic) bond motifs is 1. The molecule has 0 atom stereocenters. The molecule has 4 rings (SSSR count). The summed E-state index contributed by atoms with van der Waals surface area (Å²) < 4.78 is 5.33. The first-order chi connectivity index (χ1) is 15.0. The summed E-state index contributed by atoms with van der Waals surface area (Å²) in [7, 11) is 0. The molecule has 8 heteroatoms. The van der Waals surface area contributed by atoms with Crippen LogP contribution >= 0.6 is 11.6 Å². The number of imide groups is 1. The van der Waals surface area contributed by atoms with Gasteiger partial charge >= 0.3 is 0 Å². The highest BCUT2D eigenvalue weighted by atomic mass is 35.5. The number of nitrogens with zero attached hydrogens (tertiary/aromatic N) is 2. The molecular formula is C23H24ClN3O4. The van der Waals surface area contributed by atoms with Crippen LogP contribution in [0.15, 0.2) is 42.5 Å². The Morgan fingerprint density at radius 3 is 2.55 bits per heavy atom. The van der Waals surface area contributed by atoms with Crippen molar-refractivity contribution in [1.29, 1.82) is 0 Å². The van der Waals surface area contributed by atoms with Crippen molar-refractivity contribution in [3.05, 3.63) is 69.7 Å². The number of rotatable bonds is 7. The predicted octanol–water partition coefficient (Wildman–Crippen LogP) is 2.59. The first-order valence-electron chi connectivity index (χ1n) is 10.4. The van der Waals surface area contributed by atoms with Crippen LogP contribution in [0.25, 0.3) is 0 Å². The predicted molar refractivity (Wildman–Crippen MR) is 116 cm³/mol. The molecule has 1 saturated heterocycles. The van der Waals surface area contributed by atoms with Crippen LogP contribution in [0.4, 0.5) is 0 Å². The molecule has 0 saturated carbocycles. The van der Waals surface area contributed by atoms with Gasteiger partial charge < -0.3 is 10.1 Å². The van der Waals surface area contributed by atoms with Crippen molar-refractivity contribution < 1.29 is 19.1 Å². The Hall–Kier alpha value is -2.74. The maximum absolute atomic E-state index is 12.8. The molecule has 0 aliphatic carbocycles. The van der Waals surface area contributed by atoms with E-state index < -0.39 is 5.91 Å². The van der Waals surface area contributed by atoms with Crippen LogP contribution in [-0.2, 0) is 11.3 Å². The van der Waals surface area contributed by atoms with Crippen molar-refractivity contribution >= 4 is 29.3 Å². The lowest BCUT2D eigenvalue weighted by Gasteiger charge is -2.26. The van der Waals surface area contributed by atoms with E-state index >= 15 is 0 Å². The Morgan fingerprint density at radius 1 is 1.03 bits per heavy atom. The second-order valence-corrected chi connectivity index (χ2v) is 8.02. The van der Waals surface area contributed by atoms with E-state index in [1.54, 1.807) is 36.4 Å². The first kappa shape index (κ1) is 21.5. The zero-order valence-electron chi connectivity index (χ0n) is 17.1. The van der Waals surface area contributed by atoms with Gasteiger partial charge in [0.25, 0.3) is 17.7 Å². The van der Waals surface area contributed by atoms with Crippen molar-refractivity contribution in [2.24, 2.45) is 0 Å². The maximum Gasteiger partial charge on any atom is 0.261 e. The highest BCUT2D eigenvalue weighted by Gasteiger charge is 2.36. The number of halogens is 1. The van der Waals surface area contributed by atoms with E-state index in [0.29, 0.717) is 28.3 Å². The molecule has 2 heterocycles. The third kappa shape index (κ3) is 4.79. The molecule has 31 heavy (non-hydrogen) atoms. The van der Waals surface area contributed by atoms with Crippen LogP contribution in [0.5, 0.6) is 0 Å². The van der Waals surface area contributed by atoms with Crippen molar-refractivity contribution in [2.45, 2.75) is 13.0 Å². The molecule has 0 radical (unpaired) electrons. The number of benzene rings is 2. The van der Waals surface area contributed by atoms with E-state index in [1.807, 2.05) is 0 Å². The molecule has 2 aliphatic rings. The van der Waals surface area contributed by atoms with E-state index in [0.717, 1.165) is 44.2 Å². The number of carbonyl (C=O) groups is 3. The van der Waals surface area contributed by atoms with Crippen LogP contribution in [-0.4, -0.2) is 66.9 Å². The Balaban J connectivity index is 1.37. The summed E-state index contributed by atoms with van der Waals surface area (Å²) >= 11 is 6.17. The molecule has 2 aromatic carbocycles. The van der Waals surface area contributed by atoms with Gasteiger partial charge in [-0.15, -0.1) is 0 Å². The summed E-state index contributed by atoms with van der Waals surface area (Å²) in [6.07, 6.45) is 0.833. The van der Waals surface area contributed by atoms with Gasteiger partial charge in [0.1, 0.15) is 0 Å². The SMILES string of the molecule is O=C(NCCCN1CCOCC1)c1ccc2c(c1)C(=O)N(Cc1ccccc1Cl)C2=O. The molecule has 0 aromatic heterocycles. The number of ether oxygens (including phenoxy) is 1. The van der Waals surface area contributed by atoms with Gasteiger partial charge in [0.2, 0.25) is 0 Å². The number of hydrogen-bond acceptors (Lipinski definition) is 5. The average Bonchev–Trinajstić information content (AvgIpc) is 3.03. The largest absolute Gasteiger partial charge is 0.379 e. The maximum atomic E-state index is 12.8. The molecule has 1 fully saturated rings. The van der Waals surface area contributed by atoms with E-state index in [9.17, 15) is 14.4 Å². The van der Waals surface area contributed by atoms with Gasteiger partial charge in [-0.1, -0.05) is 29.8 Å². The lowest BCUT2D eigenvalue weighted by Crippen LogP contribution is -2.38.